The number of aromatic hydroxyl groups is 1. The van der Waals surface area contributed by atoms with Crippen LogP contribution in [0.25, 0.3) is 0 Å². The minimum Gasteiger partial charge on any atom is -0.507 e. The molecule has 0 amide bonds. The second-order valence-corrected chi connectivity index (χ2v) is 4.31. The van der Waals surface area contributed by atoms with Gasteiger partial charge in [-0.15, -0.1) is 0 Å². The smallest absolute Gasteiger partial charge is 0.228 e. The van der Waals surface area contributed by atoms with Crippen molar-refractivity contribution in [1.82, 2.24) is 0 Å². The van der Waals surface area contributed by atoms with Gasteiger partial charge >= 0.3 is 0 Å². The highest BCUT2D eigenvalue weighted by Gasteiger charge is 2.05. The number of hydrogen-bond donors (Lipinski definition) is 1. The van der Waals surface area contributed by atoms with Crippen molar-refractivity contribution in [3.8, 4) is 11.5 Å². The average Bonchev–Trinajstić information content (AvgIpc) is 2.01. The quantitative estimate of drug-likeness (QED) is 0.783. The summed E-state index contributed by atoms with van der Waals surface area (Å²) in [5, 5.41) is 9.24. The van der Waals surface area contributed by atoms with Gasteiger partial charge in [0.25, 0.3) is 0 Å². The van der Waals surface area contributed by atoms with Gasteiger partial charge in [0.2, 0.25) is 6.86 Å². The summed E-state index contributed by atoms with van der Waals surface area (Å²) in [4.78, 5) is 0. The van der Waals surface area contributed by atoms with Crippen LogP contribution in [0.1, 0.15) is 0 Å². The number of hydrogen-bond acceptors (Lipinski definition) is 2. The molecular formula is C7H5FI2O2. The lowest BCUT2D eigenvalue weighted by atomic mass is 10.3. The van der Waals surface area contributed by atoms with Gasteiger partial charge in [0.1, 0.15) is 11.5 Å². The van der Waals surface area contributed by atoms with Crippen LogP contribution in [0.4, 0.5) is 4.39 Å². The summed E-state index contributed by atoms with van der Waals surface area (Å²) in [6, 6.07) is 3.13. The standard InChI is InChI=1S/C7H5FI2O2/c8-3-12-7-2-6(11)4(9)1-5(7)10/h1-2,11H,3H2. The minimum absolute atomic E-state index is 0.111. The van der Waals surface area contributed by atoms with E-state index in [1.54, 1.807) is 6.07 Å². The third kappa shape index (κ3) is 2.35. The van der Waals surface area contributed by atoms with Gasteiger partial charge in [-0.3, -0.25) is 0 Å². The molecule has 0 heterocycles. The zero-order chi connectivity index (χ0) is 9.14. The van der Waals surface area contributed by atoms with Crippen molar-refractivity contribution in [1.29, 1.82) is 0 Å². The third-order valence-electron chi connectivity index (χ3n) is 1.21. The van der Waals surface area contributed by atoms with Crippen LogP contribution in [0.5, 0.6) is 11.5 Å². The van der Waals surface area contributed by atoms with E-state index < -0.39 is 6.86 Å². The van der Waals surface area contributed by atoms with E-state index >= 15 is 0 Å². The number of benzene rings is 1. The molecule has 0 aliphatic rings. The van der Waals surface area contributed by atoms with Crippen molar-refractivity contribution in [2.45, 2.75) is 0 Å². The SMILES string of the molecule is Oc1cc(OCF)c(I)cc1I. The summed E-state index contributed by atoms with van der Waals surface area (Å²) in [7, 11) is 0. The summed E-state index contributed by atoms with van der Waals surface area (Å²) in [5.41, 5.74) is 0. The molecule has 1 aromatic rings. The summed E-state index contributed by atoms with van der Waals surface area (Å²) in [6.07, 6.45) is 0. The number of phenolic OH excluding ortho intramolecular Hbond substituents is 1. The molecule has 0 aliphatic heterocycles. The van der Waals surface area contributed by atoms with Crippen molar-refractivity contribution < 1.29 is 14.2 Å². The van der Waals surface area contributed by atoms with E-state index in [1.807, 2.05) is 45.2 Å². The zero-order valence-corrected chi connectivity index (χ0v) is 10.2. The van der Waals surface area contributed by atoms with E-state index in [2.05, 4.69) is 4.74 Å². The van der Waals surface area contributed by atoms with E-state index in [-0.39, 0.29) is 5.75 Å². The normalized spacial score (nSPS) is 9.92. The monoisotopic (exact) mass is 394 g/mol. The Kier molecular flexibility index (Phi) is 3.81. The van der Waals surface area contributed by atoms with Gasteiger partial charge in [-0.2, -0.15) is 0 Å². The zero-order valence-electron chi connectivity index (χ0n) is 5.85. The molecule has 12 heavy (non-hydrogen) atoms. The molecule has 0 aliphatic carbocycles. The Morgan fingerprint density at radius 3 is 2.58 bits per heavy atom. The molecule has 1 rings (SSSR count). The first-order chi connectivity index (χ1) is 5.65. The molecule has 0 saturated carbocycles. The Morgan fingerprint density at radius 2 is 2.00 bits per heavy atom. The number of halogens is 3. The van der Waals surface area contributed by atoms with Gasteiger partial charge in [-0.25, -0.2) is 4.39 Å². The van der Waals surface area contributed by atoms with Crippen molar-refractivity contribution >= 4 is 45.2 Å². The topological polar surface area (TPSA) is 29.5 Å². The molecule has 0 radical (unpaired) electrons. The molecule has 1 N–H and O–H groups in total. The maximum Gasteiger partial charge on any atom is 0.228 e. The number of ether oxygens (including phenoxy) is 1. The summed E-state index contributed by atoms with van der Waals surface area (Å²) in [5.74, 6) is 0.482. The van der Waals surface area contributed by atoms with Crippen molar-refractivity contribution in [2.24, 2.45) is 0 Å². The van der Waals surface area contributed by atoms with Crippen molar-refractivity contribution in [3.63, 3.8) is 0 Å². The Balaban J connectivity index is 3.05. The van der Waals surface area contributed by atoms with Crippen LogP contribution in [0.2, 0.25) is 0 Å². The lowest BCUT2D eigenvalue weighted by molar-refractivity contribution is 0.190. The maximum absolute atomic E-state index is 11.8. The molecule has 2 nitrogen and oxygen atoms in total. The molecule has 5 heteroatoms. The molecule has 0 unspecified atom stereocenters. The maximum atomic E-state index is 11.8. The van der Waals surface area contributed by atoms with Gasteiger partial charge in [-0.1, -0.05) is 0 Å². The van der Waals surface area contributed by atoms with E-state index in [9.17, 15) is 9.50 Å². The molecule has 0 aromatic heterocycles. The summed E-state index contributed by atoms with van der Waals surface area (Å²) < 4.78 is 17.9. The minimum atomic E-state index is -0.879. The van der Waals surface area contributed by atoms with Crippen LogP contribution >= 0.6 is 45.2 Å². The highest BCUT2D eigenvalue weighted by atomic mass is 127. The van der Waals surface area contributed by atoms with E-state index in [0.717, 1.165) is 7.14 Å². The Hall–Kier alpha value is 0.210. The van der Waals surface area contributed by atoms with E-state index in [1.165, 1.54) is 6.07 Å². The van der Waals surface area contributed by atoms with Crippen LogP contribution in [-0.4, -0.2) is 12.0 Å². The Morgan fingerprint density at radius 1 is 1.33 bits per heavy atom. The van der Waals surface area contributed by atoms with Crippen LogP contribution in [-0.2, 0) is 0 Å². The largest absolute Gasteiger partial charge is 0.507 e. The molecule has 0 saturated heterocycles. The van der Waals surface area contributed by atoms with Gasteiger partial charge in [0.15, 0.2) is 0 Å². The molecule has 0 fully saturated rings. The molecule has 0 spiro atoms. The fraction of sp³-hybridized carbons (Fsp3) is 0.143. The molecule has 66 valence electrons. The fourth-order valence-corrected chi connectivity index (χ4v) is 2.37. The summed E-state index contributed by atoms with van der Waals surface area (Å²) >= 11 is 4.01. The molecule has 0 bridgehead atoms. The Labute approximate surface area is 96.4 Å². The van der Waals surface area contributed by atoms with Crippen molar-refractivity contribution in [2.75, 3.05) is 6.86 Å². The number of alkyl halides is 1. The molecule has 0 atom stereocenters. The Bertz CT molecular complexity index is 291. The summed E-state index contributed by atoms with van der Waals surface area (Å²) in [6.45, 7) is -0.879. The van der Waals surface area contributed by atoms with Gasteiger partial charge in [0.05, 0.1) is 7.14 Å². The van der Waals surface area contributed by atoms with Crippen LogP contribution in [0.3, 0.4) is 0 Å². The first-order valence-corrected chi connectivity index (χ1v) is 5.17. The second kappa shape index (κ2) is 4.45. The first kappa shape index (κ1) is 10.3. The highest BCUT2D eigenvalue weighted by molar-refractivity contribution is 14.1. The van der Waals surface area contributed by atoms with Crippen LogP contribution in [0.15, 0.2) is 12.1 Å². The molecular weight excluding hydrogens is 389 g/mol. The fourth-order valence-electron chi connectivity index (χ4n) is 0.688. The lowest BCUT2D eigenvalue weighted by Crippen LogP contribution is -1.93. The first-order valence-electron chi connectivity index (χ1n) is 3.02. The van der Waals surface area contributed by atoms with Gasteiger partial charge < -0.3 is 9.84 Å². The molecule has 1 aromatic carbocycles. The van der Waals surface area contributed by atoms with E-state index in [0.29, 0.717) is 5.75 Å². The number of rotatable bonds is 2. The van der Waals surface area contributed by atoms with E-state index in [4.69, 9.17) is 0 Å². The highest BCUT2D eigenvalue weighted by Crippen LogP contribution is 2.30. The van der Waals surface area contributed by atoms with Gasteiger partial charge in [0, 0.05) is 6.07 Å². The van der Waals surface area contributed by atoms with Gasteiger partial charge in [-0.05, 0) is 51.2 Å². The van der Waals surface area contributed by atoms with Crippen LogP contribution in [0, 0.1) is 7.14 Å². The van der Waals surface area contributed by atoms with Crippen molar-refractivity contribution in [3.05, 3.63) is 19.3 Å². The van der Waals surface area contributed by atoms with Crippen LogP contribution < -0.4 is 4.74 Å². The third-order valence-corrected chi connectivity index (χ3v) is 2.92. The number of phenols is 1. The predicted octanol–water partition coefficient (Wildman–Crippen LogP) is 2.91. The predicted molar refractivity (Wildman–Crippen MR) is 60.1 cm³/mol. The second-order valence-electron chi connectivity index (χ2n) is 1.99. The average molecular weight is 394 g/mol. The lowest BCUT2D eigenvalue weighted by Gasteiger charge is -2.05.